The summed E-state index contributed by atoms with van der Waals surface area (Å²) in [5.74, 6) is 1.76. The Morgan fingerprint density at radius 3 is 2.35 bits per heavy atom. The summed E-state index contributed by atoms with van der Waals surface area (Å²) in [6, 6.07) is 0.969. The number of hydrogen-bond acceptors (Lipinski definition) is 2. The van der Waals surface area contributed by atoms with Crippen molar-refractivity contribution in [3.05, 3.63) is 0 Å². The Kier molecular flexibility index (Phi) is 6.34. The fraction of sp³-hybridized carbons (Fsp3) is 0.941. The SMILES string of the molecule is CCC1CCC(NCC(=O)NC2CCCCCC2)C1C. The average molecular weight is 280 g/mol. The molecule has 2 N–H and O–H groups in total. The molecule has 2 saturated carbocycles. The first-order valence-corrected chi connectivity index (χ1v) is 8.73. The molecule has 3 nitrogen and oxygen atoms in total. The van der Waals surface area contributed by atoms with Crippen molar-refractivity contribution in [2.75, 3.05) is 6.54 Å². The Bertz CT molecular complexity index is 297. The average Bonchev–Trinajstić information content (AvgIpc) is 2.64. The number of carbonyl (C=O) groups excluding carboxylic acids is 1. The summed E-state index contributed by atoms with van der Waals surface area (Å²) in [5.41, 5.74) is 0. The molecular formula is C17H32N2O. The lowest BCUT2D eigenvalue weighted by Crippen LogP contribution is -2.44. The summed E-state index contributed by atoms with van der Waals surface area (Å²) in [7, 11) is 0. The second kappa shape index (κ2) is 8.02. The molecule has 0 aromatic heterocycles. The van der Waals surface area contributed by atoms with Crippen LogP contribution < -0.4 is 10.6 Å². The lowest BCUT2D eigenvalue weighted by molar-refractivity contribution is -0.121. The van der Waals surface area contributed by atoms with Gasteiger partial charge in [0.15, 0.2) is 0 Å². The highest BCUT2D eigenvalue weighted by atomic mass is 16.1. The molecule has 2 aliphatic rings. The van der Waals surface area contributed by atoms with Gasteiger partial charge >= 0.3 is 0 Å². The zero-order valence-electron chi connectivity index (χ0n) is 13.3. The molecule has 2 fully saturated rings. The predicted molar refractivity (Wildman–Crippen MR) is 83.6 cm³/mol. The minimum atomic E-state index is 0.198. The van der Waals surface area contributed by atoms with Crippen LogP contribution in [0.1, 0.15) is 71.6 Å². The molecular weight excluding hydrogens is 248 g/mol. The maximum absolute atomic E-state index is 12.1. The molecule has 3 heteroatoms. The molecule has 116 valence electrons. The molecule has 2 rings (SSSR count). The van der Waals surface area contributed by atoms with E-state index in [0.717, 1.165) is 5.92 Å². The van der Waals surface area contributed by atoms with Crippen LogP contribution in [0.3, 0.4) is 0 Å². The first kappa shape index (κ1) is 15.8. The molecule has 0 spiro atoms. The maximum atomic E-state index is 12.1. The van der Waals surface area contributed by atoms with Crippen LogP contribution in [-0.2, 0) is 4.79 Å². The topological polar surface area (TPSA) is 41.1 Å². The molecule has 0 heterocycles. The highest BCUT2D eigenvalue weighted by Crippen LogP contribution is 2.33. The van der Waals surface area contributed by atoms with Crippen molar-refractivity contribution in [2.24, 2.45) is 11.8 Å². The van der Waals surface area contributed by atoms with E-state index in [-0.39, 0.29) is 5.91 Å². The van der Waals surface area contributed by atoms with E-state index in [9.17, 15) is 4.79 Å². The van der Waals surface area contributed by atoms with Gasteiger partial charge in [-0.3, -0.25) is 4.79 Å². The van der Waals surface area contributed by atoms with Gasteiger partial charge in [0.1, 0.15) is 0 Å². The summed E-state index contributed by atoms with van der Waals surface area (Å²) in [6.45, 7) is 5.12. The number of hydrogen-bond donors (Lipinski definition) is 2. The zero-order chi connectivity index (χ0) is 14.4. The van der Waals surface area contributed by atoms with Crippen molar-refractivity contribution in [2.45, 2.75) is 83.7 Å². The minimum Gasteiger partial charge on any atom is -0.352 e. The van der Waals surface area contributed by atoms with E-state index in [4.69, 9.17) is 0 Å². The first-order valence-electron chi connectivity index (χ1n) is 8.73. The minimum absolute atomic E-state index is 0.198. The Labute approximate surface area is 124 Å². The van der Waals surface area contributed by atoms with Crippen LogP contribution in [0.15, 0.2) is 0 Å². The largest absolute Gasteiger partial charge is 0.352 e. The summed E-state index contributed by atoms with van der Waals surface area (Å²) >= 11 is 0. The third-order valence-electron chi connectivity index (χ3n) is 5.50. The zero-order valence-corrected chi connectivity index (χ0v) is 13.3. The summed E-state index contributed by atoms with van der Waals surface area (Å²) in [6.07, 6.45) is 11.4. The highest BCUT2D eigenvalue weighted by Gasteiger charge is 2.31. The third kappa shape index (κ3) is 4.47. The quantitative estimate of drug-likeness (QED) is 0.759. The molecule has 20 heavy (non-hydrogen) atoms. The molecule has 0 aromatic carbocycles. The Hall–Kier alpha value is -0.570. The van der Waals surface area contributed by atoms with Gasteiger partial charge in [-0.05, 0) is 37.5 Å². The van der Waals surface area contributed by atoms with E-state index in [1.807, 2.05) is 0 Å². The van der Waals surface area contributed by atoms with Crippen LogP contribution in [0.25, 0.3) is 0 Å². The van der Waals surface area contributed by atoms with Crippen molar-refractivity contribution in [1.29, 1.82) is 0 Å². The first-order chi connectivity index (χ1) is 9.70. The van der Waals surface area contributed by atoms with Gasteiger partial charge in [-0.1, -0.05) is 46.0 Å². The summed E-state index contributed by atoms with van der Waals surface area (Å²) in [4.78, 5) is 12.1. The van der Waals surface area contributed by atoms with E-state index in [1.54, 1.807) is 0 Å². The predicted octanol–water partition coefficient (Wildman–Crippen LogP) is 3.24. The molecule has 0 aromatic rings. The van der Waals surface area contributed by atoms with Crippen molar-refractivity contribution in [3.8, 4) is 0 Å². The highest BCUT2D eigenvalue weighted by molar-refractivity contribution is 5.78. The molecule has 3 atom stereocenters. The summed E-state index contributed by atoms with van der Waals surface area (Å²) in [5, 5.41) is 6.71. The summed E-state index contributed by atoms with van der Waals surface area (Å²) < 4.78 is 0. The number of rotatable bonds is 5. The van der Waals surface area contributed by atoms with E-state index in [2.05, 4.69) is 24.5 Å². The van der Waals surface area contributed by atoms with Crippen molar-refractivity contribution in [1.82, 2.24) is 10.6 Å². The van der Waals surface area contributed by atoms with E-state index in [1.165, 1.54) is 57.8 Å². The Morgan fingerprint density at radius 1 is 1.05 bits per heavy atom. The van der Waals surface area contributed by atoms with Gasteiger partial charge in [0.25, 0.3) is 0 Å². The van der Waals surface area contributed by atoms with E-state index < -0.39 is 0 Å². The normalized spacial score (nSPS) is 32.0. The van der Waals surface area contributed by atoms with Gasteiger partial charge in [0, 0.05) is 12.1 Å². The molecule has 3 unspecified atom stereocenters. The number of amides is 1. The molecule has 0 bridgehead atoms. The number of carbonyl (C=O) groups is 1. The van der Waals surface area contributed by atoms with Gasteiger partial charge in [-0.15, -0.1) is 0 Å². The van der Waals surface area contributed by atoms with Crippen LogP contribution in [-0.4, -0.2) is 24.5 Å². The van der Waals surface area contributed by atoms with Crippen molar-refractivity contribution >= 4 is 5.91 Å². The number of nitrogens with one attached hydrogen (secondary N) is 2. The fourth-order valence-electron chi connectivity index (χ4n) is 4.04. The third-order valence-corrected chi connectivity index (χ3v) is 5.50. The van der Waals surface area contributed by atoms with Crippen LogP contribution in [0.5, 0.6) is 0 Å². The van der Waals surface area contributed by atoms with Gasteiger partial charge in [0.05, 0.1) is 6.54 Å². The Morgan fingerprint density at radius 2 is 1.75 bits per heavy atom. The van der Waals surface area contributed by atoms with Gasteiger partial charge < -0.3 is 10.6 Å². The van der Waals surface area contributed by atoms with Crippen LogP contribution in [0.4, 0.5) is 0 Å². The lowest BCUT2D eigenvalue weighted by atomic mass is 9.93. The van der Waals surface area contributed by atoms with Gasteiger partial charge in [-0.2, -0.15) is 0 Å². The van der Waals surface area contributed by atoms with Crippen LogP contribution in [0, 0.1) is 11.8 Å². The molecule has 0 radical (unpaired) electrons. The van der Waals surface area contributed by atoms with E-state index in [0.29, 0.717) is 24.5 Å². The van der Waals surface area contributed by atoms with Crippen molar-refractivity contribution < 1.29 is 4.79 Å². The standard InChI is InChI=1S/C17H32N2O/c1-3-14-10-11-16(13(14)2)18-12-17(20)19-15-8-6-4-5-7-9-15/h13-16,18H,3-12H2,1-2H3,(H,19,20). The van der Waals surface area contributed by atoms with Crippen molar-refractivity contribution in [3.63, 3.8) is 0 Å². The molecule has 0 aliphatic heterocycles. The fourth-order valence-corrected chi connectivity index (χ4v) is 4.04. The smallest absolute Gasteiger partial charge is 0.234 e. The van der Waals surface area contributed by atoms with E-state index >= 15 is 0 Å². The van der Waals surface area contributed by atoms with Crippen LogP contribution >= 0.6 is 0 Å². The lowest BCUT2D eigenvalue weighted by Gasteiger charge is -2.22. The monoisotopic (exact) mass is 280 g/mol. The second-order valence-electron chi connectivity index (χ2n) is 6.85. The maximum Gasteiger partial charge on any atom is 0.234 e. The second-order valence-corrected chi connectivity index (χ2v) is 6.85. The molecule has 1 amide bonds. The van der Waals surface area contributed by atoms with Gasteiger partial charge in [0.2, 0.25) is 5.91 Å². The molecule has 2 aliphatic carbocycles. The van der Waals surface area contributed by atoms with Crippen LogP contribution in [0.2, 0.25) is 0 Å². The van der Waals surface area contributed by atoms with Gasteiger partial charge in [-0.25, -0.2) is 0 Å². The Balaban J connectivity index is 1.67. The molecule has 0 saturated heterocycles.